The van der Waals surface area contributed by atoms with Crippen LogP contribution >= 0.6 is 0 Å². The summed E-state index contributed by atoms with van der Waals surface area (Å²) in [6.07, 6.45) is 4.34. The summed E-state index contributed by atoms with van der Waals surface area (Å²) in [6.45, 7) is 4.84. The van der Waals surface area contributed by atoms with Gasteiger partial charge in [0.05, 0.1) is 12.4 Å². The number of nitrogens with one attached hydrogen (secondary N) is 1. The molecule has 1 rings (SSSR count). The lowest BCUT2D eigenvalue weighted by atomic mass is 10.1. The van der Waals surface area contributed by atoms with Gasteiger partial charge in [0, 0.05) is 12.5 Å². The van der Waals surface area contributed by atoms with Gasteiger partial charge in [-0.15, -0.1) is 0 Å². The fourth-order valence-electron chi connectivity index (χ4n) is 1.45. The molecule has 0 saturated carbocycles. The molecule has 1 heterocycles. The molecular weight excluding hydrogens is 190 g/mol. The first-order valence-corrected chi connectivity index (χ1v) is 5.62. The maximum Gasteiger partial charge on any atom is 0.103 e. The van der Waals surface area contributed by atoms with E-state index in [0.717, 1.165) is 31.6 Å². The molecule has 0 aromatic carbocycles. The Labute approximate surface area is 91.5 Å². The molecule has 2 unspecified atom stereocenters. The van der Waals surface area contributed by atoms with Gasteiger partial charge in [0.2, 0.25) is 0 Å². The van der Waals surface area contributed by atoms with Gasteiger partial charge in [0.25, 0.3) is 0 Å². The van der Waals surface area contributed by atoms with Crippen LogP contribution in [-0.4, -0.2) is 23.8 Å². The fourth-order valence-corrected chi connectivity index (χ4v) is 1.45. The Morgan fingerprint density at radius 1 is 1.40 bits per heavy atom. The number of aliphatic hydroxyl groups excluding tert-OH is 1. The quantitative estimate of drug-likeness (QED) is 0.724. The van der Waals surface area contributed by atoms with Crippen LogP contribution < -0.4 is 5.32 Å². The lowest BCUT2D eigenvalue weighted by Gasteiger charge is -2.13. The highest BCUT2D eigenvalue weighted by Gasteiger charge is 2.03. The first-order valence-electron chi connectivity index (χ1n) is 5.62. The van der Waals surface area contributed by atoms with Crippen molar-refractivity contribution in [3.63, 3.8) is 0 Å². The summed E-state index contributed by atoms with van der Waals surface area (Å²) in [4.78, 5) is 0. The largest absolute Gasteiger partial charge is 0.469 e. The monoisotopic (exact) mass is 211 g/mol. The van der Waals surface area contributed by atoms with Crippen molar-refractivity contribution in [2.24, 2.45) is 0 Å². The number of aliphatic hydroxyl groups is 1. The van der Waals surface area contributed by atoms with E-state index in [0.29, 0.717) is 6.04 Å². The van der Waals surface area contributed by atoms with Crippen molar-refractivity contribution in [3.05, 3.63) is 24.2 Å². The van der Waals surface area contributed by atoms with Crippen molar-refractivity contribution < 1.29 is 9.52 Å². The third-order valence-corrected chi connectivity index (χ3v) is 2.46. The highest BCUT2D eigenvalue weighted by atomic mass is 16.3. The van der Waals surface area contributed by atoms with Crippen LogP contribution in [0.3, 0.4) is 0 Å². The maximum atomic E-state index is 9.09. The van der Waals surface area contributed by atoms with Gasteiger partial charge >= 0.3 is 0 Å². The van der Waals surface area contributed by atoms with E-state index in [1.807, 2.05) is 19.1 Å². The average molecular weight is 211 g/mol. The van der Waals surface area contributed by atoms with E-state index in [-0.39, 0.29) is 6.10 Å². The Balaban J connectivity index is 2.06. The maximum absolute atomic E-state index is 9.09. The van der Waals surface area contributed by atoms with E-state index in [1.165, 1.54) is 0 Å². The van der Waals surface area contributed by atoms with Crippen molar-refractivity contribution in [3.8, 4) is 0 Å². The number of aryl methyl sites for hydroxylation is 1. The van der Waals surface area contributed by atoms with Gasteiger partial charge in [-0.25, -0.2) is 0 Å². The Morgan fingerprint density at radius 2 is 2.20 bits per heavy atom. The highest BCUT2D eigenvalue weighted by molar-refractivity contribution is 4.98. The molecule has 2 atom stereocenters. The third-order valence-electron chi connectivity index (χ3n) is 2.46. The zero-order valence-electron chi connectivity index (χ0n) is 9.57. The van der Waals surface area contributed by atoms with E-state index in [1.54, 1.807) is 6.26 Å². The van der Waals surface area contributed by atoms with Crippen LogP contribution in [0.25, 0.3) is 0 Å². The highest BCUT2D eigenvalue weighted by Crippen LogP contribution is 2.05. The van der Waals surface area contributed by atoms with E-state index >= 15 is 0 Å². The summed E-state index contributed by atoms with van der Waals surface area (Å²) in [5, 5.41) is 12.5. The lowest BCUT2D eigenvalue weighted by Crippen LogP contribution is -2.29. The van der Waals surface area contributed by atoms with E-state index < -0.39 is 0 Å². The van der Waals surface area contributed by atoms with Crippen LogP contribution in [0.5, 0.6) is 0 Å². The van der Waals surface area contributed by atoms with Crippen LogP contribution in [0, 0.1) is 0 Å². The van der Waals surface area contributed by atoms with Crippen LogP contribution in [0.1, 0.15) is 32.4 Å². The van der Waals surface area contributed by atoms with Crippen LogP contribution in [0.2, 0.25) is 0 Å². The van der Waals surface area contributed by atoms with Gasteiger partial charge in [-0.05, 0) is 45.4 Å². The van der Waals surface area contributed by atoms with Crippen LogP contribution in [-0.2, 0) is 6.42 Å². The van der Waals surface area contributed by atoms with Gasteiger partial charge in [-0.3, -0.25) is 0 Å². The molecule has 0 bridgehead atoms. The van der Waals surface area contributed by atoms with Crippen molar-refractivity contribution in [1.82, 2.24) is 5.32 Å². The second-order valence-electron chi connectivity index (χ2n) is 4.11. The van der Waals surface area contributed by atoms with Crippen molar-refractivity contribution in [2.45, 2.75) is 45.3 Å². The SMILES string of the molecule is CC(O)CCNC(C)CCc1ccco1. The third kappa shape index (κ3) is 5.60. The molecule has 0 saturated heterocycles. The fraction of sp³-hybridized carbons (Fsp3) is 0.667. The van der Waals surface area contributed by atoms with Crippen LogP contribution in [0.15, 0.2) is 22.8 Å². The predicted molar refractivity (Wildman–Crippen MR) is 60.8 cm³/mol. The second-order valence-corrected chi connectivity index (χ2v) is 4.11. The molecule has 2 N–H and O–H groups in total. The van der Waals surface area contributed by atoms with Gasteiger partial charge in [-0.2, -0.15) is 0 Å². The Morgan fingerprint density at radius 3 is 2.80 bits per heavy atom. The number of rotatable bonds is 7. The number of hydrogen-bond donors (Lipinski definition) is 2. The molecular formula is C12H21NO2. The van der Waals surface area contributed by atoms with Gasteiger partial charge in [-0.1, -0.05) is 0 Å². The molecule has 0 radical (unpaired) electrons. The topological polar surface area (TPSA) is 45.4 Å². The molecule has 1 aromatic rings. The zero-order valence-corrected chi connectivity index (χ0v) is 9.57. The van der Waals surface area contributed by atoms with Gasteiger partial charge in [0.1, 0.15) is 5.76 Å². The molecule has 0 spiro atoms. The summed E-state index contributed by atoms with van der Waals surface area (Å²) in [7, 11) is 0. The average Bonchev–Trinajstić information content (AvgIpc) is 2.66. The van der Waals surface area contributed by atoms with E-state index in [2.05, 4.69) is 12.2 Å². The van der Waals surface area contributed by atoms with E-state index in [9.17, 15) is 0 Å². The first-order chi connectivity index (χ1) is 7.18. The Hall–Kier alpha value is -0.800. The molecule has 0 amide bonds. The normalized spacial score (nSPS) is 15.1. The summed E-state index contributed by atoms with van der Waals surface area (Å²) in [6, 6.07) is 4.39. The molecule has 3 nitrogen and oxygen atoms in total. The summed E-state index contributed by atoms with van der Waals surface area (Å²) in [5.74, 6) is 1.04. The Kier molecular flexibility index (Phi) is 5.43. The van der Waals surface area contributed by atoms with Gasteiger partial charge in [0.15, 0.2) is 0 Å². The Bertz CT molecular complexity index is 244. The molecule has 0 aliphatic heterocycles. The number of hydrogen-bond acceptors (Lipinski definition) is 3. The summed E-state index contributed by atoms with van der Waals surface area (Å²) >= 11 is 0. The predicted octanol–water partition coefficient (Wildman–Crippen LogP) is 1.96. The molecule has 0 fully saturated rings. The molecule has 86 valence electrons. The molecule has 0 aliphatic carbocycles. The van der Waals surface area contributed by atoms with Crippen molar-refractivity contribution in [1.29, 1.82) is 0 Å². The number of furan rings is 1. The van der Waals surface area contributed by atoms with E-state index in [4.69, 9.17) is 9.52 Å². The van der Waals surface area contributed by atoms with Gasteiger partial charge < -0.3 is 14.8 Å². The first kappa shape index (κ1) is 12.3. The summed E-state index contributed by atoms with van der Waals surface area (Å²) in [5.41, 5.74) is 0. The molecule has 1 aromatic heterocycles. The lowest BCUT2D eigenvalue weighted by molar-refractivity contribution is 0.182. The molecule has 3 heteroatoms. The van der Waals surface area contributed by atoms with Crippen molar-refractivity contribution in [2.75, 3.05) is 6.54 Å². The second kappa shape index (κ2) is 6.64. The zero-order chi connectivity index (χ0) is 11.1. The van der Waals surface area contributed by atoms with Crippen LogP contribution in [0.4, 0.5) is 0 Å². The smallest absolute Gasteiger partial charge is 0.103 e. The minimum absolute atomic E-state index is 0.213. The molecule has 0 aliphatic rings. The summed E-state index contributed by atoms with van der Waals surface area (Å²) < 4.78 is 5.26. The standard InChI is InChI=1S/C12H21NO2/c1-10(13-8-7-11(2)14)5-6-12-4-3-9-15-12/h3-4,9-11,13-14H,5-8H2,1-2H3. The molecule has 15 heavy (non-hydrogen) atoms. The minimum Gasteiger partial charge on any atom is -0.469 e. The minimum atomic E-state index is -0.213. The van der Waals surface area contributed by atoms with Crippen molar-refractivity contribution >= 4 is 0 Å².